The predicted molar refractivity (Wildman–Crippen MR) is 120 cm³/mol. The average Bonchev–Trinajstić information content (AvgIpc) is 2.89. The molecule has 8 nitrogen and oxygen atoms in total. The third-order valence-electron chi connectivity index (χ3n) is 5.73. The van der Waals surface area contributed by atoms with Gasteiger partial charge in [0.15, 0.2) is 0 Å². The van der Waals surface area contributed by atoms with Crippen LogP contribution in [0, 0.1) is 0 Å². The Morgan fingerprint density at radius 1 is 1.03 bits per heavy atom. The molecule has 162 valence electrons. The van der Waals surface area contributed by atoms with E-state index in [1.165, 1.54) is 0 Å². The minimum Gasteiger partial charge on any atom is -0.369 e. The fourth-order valence-electron chi connectivity index (χ4n) is 3.83. The fourth-order valence-corrected chi connectivity index (χ4v) is 3.83. The topological polar surface area (TPSA) is 93.8 Å². The number of carbonyl (C=O) groups excluding carboxylic acids is 3. The normalized spacial score (nSPS) is 19.1. The van der Waals surface area contributed by atoms with E-state index in [4.69, 9.17) is 0 Å². The summed E-state index contributed by atoms with van der Waals surface area (Å²) in [4.78, 5) is 41.8. The van der Waals surface area contributed by atoms with Crippen LogP contribution < -0.4 is 20.9 Å². The van der Waals surface area contributed by atoms with E-state index in [-0.39, 0.29) is 30.6 Å². The van der Waals surface area contributed by atoms with Crippen molar-refractivity contribution in [3.63, 3.8) is 0 Å². The summed E-state index contributed by atoms with van der Waals surface area (Å²) in [6, 6.07) is 13.9. The van der Waals surface area contributed by atoms with Crippen molar-refractivity contribution in [1.29, 1.82) is 0 Å². The van der Waals surface area contributed by atoms with Gasteiger partial charge in [0.05, 0.1) is 11.3 Å². The zero-order chi connectivity index (χ0) is 21.8. The van der Waals surface area contributed by atoms with Gasteiger partial charge in [0.2, 0.25) is 11.8 Å². The number of anilines is 3. The minimum atomic E-state index is -0.759. The monoisotopic (exact) mass is 421 g/mol. The van der Waals surface area contributed by atoms with E-state index >= 15 is 0 Å². The van der Waals surface area contributed by atoms with E-state index < -0.39 is 6.04 Å². The smallest absolute Gasteiger partial charge is 0.254 e. The molecule has 0 bridgehead atoms. The molecular formula is C23H27N5O3. The molecule has 2 aromatic carbocycles. The molecule has 8 heteroatoms. The van der Waals surface area contributed by atoms with Crippen LogP contribution >= 0.6 is 0 Å². The summed E-state index contributed by atoms with van der Waals surface area (Å²) >= 11 is 0. The number of benzene rings is 2. The molecule has 2 aliphatic heterocycles. The van der Waals surface area contributed by atoms with E-state index in [1.54, 1.807) is 24.3 Å². The van der Waals surface area contributed by atoms with Crippen molar-refractivity contribution in [2.45, 2.75) is 18.9 Å². The van der Waals surface area contributed by atoms with Crippen LogP contribution in [0.4, 0.5) is 17.1 Å². The quantitative estimate of drug-likeness (QED) is 0.686. The van der Waals surface area contributed by atoms with E-state index in [9.17, 15) is 14.4 Å². The molecule has 1 saturated heterocycles. The molecule has 0 spiro atoms. The maximum absolute atomic E-state index is 12.4. The van der Waals surface area contributed by atoms with Gasteiger partial charge in [-0.2, -0.15) is 0 Å². The van der Waals surface area contributed by atoms with Crippen molar-refractivity contribution in [1.82, 2.24) is 10.2 Å². The molecule has 1 atom stereocenters. The van der Waals surface area contributed by atoms with Crippen LogP contribution in [0.1, 0.15) is 23.2 Å². The summed E-state index contributed by atoms with van der Waals surface area (Å²) in [5.41, 5.74) is 2.76. The van der Waals surface area contributed by atoms with Gasteiger partial charge in [-0.3, -0.25) is 14.4 Å². The first kappa shape index (κ1) is 20.9. The van der Waals surface area contributed by atoms with Crippen LogP contribution in [0.2, 0.25) is 0 Å². The molecule has 0 aromatic heterocycles. The van der Waals surface area contributed by atoms with Crippen molar-refractivity contribution < 1.29 is 14.4 Å². The van der Waals surface area contributed by atoms with E-state index in [2.05, 4.69) is 32.8 Å². The molecular weight excluding hydrogens is 394 g/mol. The number of piperazine rings is 1. The van der Waals surface area contributed by atoms with Gasteiger partial charge in [-0.1, -0.05) is 12.1 Å². The maximum atomic E-state index is 12.4. The van der Waals surface area contributed by atoms with Crippen LogP contribution in [-0.4, -0.2) is 61.9 Å². The van der Waals surface area contributed by atoms with Crippen molar-refractivity contribution in [2.75, 3.05) is 48.8 Å². The number of hydrogen-bond acceptors (Lipinski definition) is 5. The van der Waals surface area contributed by atoms with Gasteiger partial charge in [-0.25, -0.2) is 0 Å². The zero-order valence-corrected chi connectivity index (χ0v) is 17.6. The lowest BCUT2D eigenvalue weighted by Gasteiger charge is -2.34. The summed E-state index contributed by atoms with van der Waals surface area (Å²) in [5.74, 6) is -0.836. The molecule has 0 unspecified atom stereocenters. The highest BCUT2D eigenvalue weighted by molar-refractivity contribution is 6.10. The Labute approximate surface area is 181 Å². The Bertz CT molecular complexity index is 967. The molecule has 2 heterocycles. The molecule has 31 heavy (non-hydrogen) atoms. The molecule has 0 radical (unpaired) electrons. The van der Waals surface area contributed by atoms with E-state index in [0.717, 1.165) is 31.9 Å². The lowest BCUT2D eigenvalue weighted by Crippen LogP contribution is -2.44. The number of amides is 3. The second-order valence-electron chi connectivity index (χ2n) is 7.98. The molecule has 2 aliphatic rings. The summed E-state index contributed by atoms with van der Waals surface area (Å²) in [6.07, 6.45) is 0.339. The molecule has 3 amide bonds. The predicted octanol–water partition coefficient (Wildman–Crippen LogP) is 1.91. The Hall–Kier alpha value is -3.39. The number of para-hydroxylation sites is 1. The summed E-state index contributed by atoms with van der Waals surface area (Å²) in [7, 11) is 2.12. The number of nitrogens with one attached hydrogen (secondary N) is 3. The van der Waals surface area contributed by atoms with Gasteiger partial charge >= 0.3 is 0 Å². The van der Waals surface area contributed by atoms with Crippen LogP contribution in [-0.2, 0) is 9.59 Å². The van der Waals surface area contributed by atoms with Crippen molar-refractivity contribution >= 4 is 34.8 Å². The summed E-state index contributed by atoms with van der Waals surface area (Å²) < 4.78 is 0. The molecule has 3 N–H and O–H groups in total. The first-order valence-corrected chi connectivity index (χ1v) is 10.5. The van der Waals surface area contributed by atoms with Gasteiger partial charge < -0.3 is 25.8 Å². The Kier molecular flexibility index (Phi) is 6.18. The van der Waals surface area contributed by atoms with E-state index in [1.807, 2.05) is 24.3 Å². The van der Waals surface area contributed by atoms with Crippen LogP contribution in [0.15, 0.2) is 48.5 Å². The van der Waals surface area contributed by atoms with Crippen LogP contribution in [0.25, 0.3) is 0 Å². The van der Waals surface area contributed by atoms with Gasteiger partial charge in [0.1, 0.15) is 6.04 Å². The molecule has 2 aromatic rings. The highest BCUT2D eigenvalue weighted by atomic mass is 16.2. The van der Waals surface area contributed by atoms with Crippen molar-refractivity contribution in [2.24, 2.45) is 0 Å². The number of rotatable bonds is 5. The highest BCUT2D eigenvalue weighted by Crippen LogP contribution is 2.21. The maximum Gasteiger partial charge on any atom is 0.254 e. The van der Waals surface area contributed by atoms with Gasteiger partial charge in [0.25, 0.3) is 5.91 Å². The number of carbonyl (C=O) groups is 3. The van der Waals surface area contributed by atoms with Gasteiger partial charge in [-0.05, 0) is 49.9 Å². The average molecular weight is 422 g/mol. The first-order valence-electron chi connectivity index (χ1n) is 10.5. The SMILES string of the molecule is CN1CCN(c2ccc(NC(=O)CC[C@@H]3NC(=O)c4ccccc4NC3=O)cc2)CC1. The van der Waals surface area contributed by atoms with Crippen molar-refractivity contribution in [3.05, 3.63) is 54.1 Å². The Balaban J connectivity index is 1.29. The molecule has 0 aliphatic carbocycles. The lowest BCUT2D eigenvalue weighted by atomic mass is 10.1. The largest absolute Gasteiger partial charge is 0.369 e. The van der Waals surface area contributed by atoms with Crippen molar-refractivity contribution in [3.8, 4) is 0 Å². The Morgan fingerprint density at radius 2 is 1.74 bits per heavy atom. The number of nitrogens with zero attached hydrogens (tertiary/aromatic N) is 2. The van der Waals surface area contributed by atoms with Crippen LogP contribution in [0.5, 0.6) is 0 Å². The standard InChI is InChI=1S/C23H27N5O3/c1-27-12-14-28(15-13-27)17-8-6-16(7-9-17)24-21(29)11-10-20-23(31)25-19-5-3-2-4-18(19)22(30)26-20/h2-9,20H,10-15H2,1H3,(H,24,29)(H,25,31)(H,26,30)/t20-/m0/s1. The van der Waals surface area contributed by atoms with Crippen LogP contribution in [0.3, 0.4) is 0 Å². The number of hydrogen-bond donors (Lipinski definition) is 3. The number of fused-ring (bicyclic) bond motifs is 1. The van der Waals surface area contributed by atoms with E-state index in [0.29, 0.717) is 16.9 Å². The number of likely N-dealkylation sites (N-methyl/N-ethyl adjacent to an activating group) is 1. The minimum absolute atomic E-state index is 0.120. The summed E-state index contributed by atoms with van der Waals surface area (Å²) in [5, 5.41) is 8.33. The summed E-state index contributed by atoms with van der Waals surface area (Å²) in [6.45, 7) is 4.05. The molecule has 4 rings (SSSR count). The third-order valence-corrected chi connectivity index (χ3v) is 5.73. The third kappa shape index (κ3) is 5.03. The fraction of sp³-hybridized carbons (Fsp3) is 0.348. The molecule has 1 fully saturated rings. The second-order valence-corrected chi connectivity index (χ2v) is 7.98. The second kappa shape index (κ2) is 9.18. The lowest BCUT2D eigenvalue weighted by molar-refractivity contribution is -0.118. The van der Waals surface area contributed by atoms with Gasteiger partial charge in [0, 0.05) is 44.0 Å². The highest BCUT2D eigenvalue weighted by Gasteiger charge is 2.27. The van der Waals surface area contributed by atoms with Gasteiger partial charge in [-0.15, -0.1) is 0 Å². The Morgan fingerprint density at radius 3 is 2.48 bits per heavy atom. The zero-order valence-electron chi connectivity index (χ0n) is 17.6. The first-order chi connectivity index (χ1) is 15.0. The molecule has 0 saturated carbocycles.